The molecule has 1 rings (SSSR count). The molecule has 0 spiro atoms. The summed E-state index contributed by atoms with van der Waals surface area (Å²) in [6.07, 6.45) is 14.7. The van der Waals surface area contributed by atoms with E-state index in [-0.39, 0.29) is 12.0 Å². The van der Waals surface area contributed by atoms with Gasteiger partial charge in [-0.05, 0) is 44.4 Å². The van der Waals surface area contributed by atoms with Crippen molar-refractivity contribution in [1.82, 2.24) is 0 Å². The van der Waals surface area contributed by atoms with Gasteiger partial charge in [-0.1, -0.05) is 58.3 Å². The molecule has 0 amide bonds. The molecule has 1 fully saturated rings. The van der Waals surface area contributed by atoms with Crippen LogP contribution in [0.3, 0.4) is 0 Å². The molecule has 1 aliphatic rings. The lowest BCUT2D eigenvalue weighted by Gasteiger charge is -2.29. The Hall–Kier alpha value is -0.550. The van der Waals surface area contributed by atoms with Crippen LogP contribution in [0.5, 0.6) is 0 Å². The molecule has 2 heteroatoms. The average Bonchev–Trinajstić information content (AvgIpc) is 2.52. The van der Waals surface area contributed by atoms with Gasteiger partial charge in [-0.15, -0.1) is 0 Å². The van der Waals surface area contributed by atoms with Crippen LogP contribution in [0.25, 0.3) is 0 Å². The molecule has 0 saturated heterocycles. The van der Waals surface area contributed by atoms with Crippen molar-refractivity contribution in [2.75, 3.05) is 0 Å². The Morgan fingerprint density at radius 2 is 1.62 bits per heavy atom. The van der Waals surface area contributed by atoms with Gasteiger partial charge in [-0.3, -0.25) is 0 Å². The van der Waals surface area contributed by atoms with Crippen molar-refractivity contribution in [3.8, 4) is 6.07 Å². The summed E-state index contributed by atoms with van der Waals surface area (Å²) in [5.41, 5.74) is 0. The molecule has 2 unspecified atom stereocenters. The van der Waals surface area contributed by atoms with Crippen molar-refractivity contribution in [3.63, 3.8) is 0 Å². The van der Waals surface area contributed by atoms with Gasteiger partial charge in [0.2, 0.25) is 0 Å². The highest BCUT2D eigenvalue weighted by molar-refractivity contribution is 4.79. The van der Waals surface area contributed by atoms with Crippen LogP contribution in [-0.2, 0) is 0 Å². The summed E-state index contributed by atoms with van der Waals surface area (Å²) >= 11 is 0. The van der Waals surface area contributed by atoms with Gasteiger partial charge in [0.25, 0.3) is 0 Å². The molecule has 1 N–H and O–H groups in total. The molecular weight excluding hydrogens is 258 g/mol. The Kier molecular flexibility index (Phi) is 9.76. The van der Waals surface area contributed by atoms with E-state index in [2.05, 4.69) is 13.0 Å². The van der Waals surface area contributed by atoms with Gasteiger partial charge in [0.05, 0.1) is 12.2 Å². The number of hydrogen-bond acceptors (Lipinski definition) is 2. The van der Waals surface area contributed by atoms with E-state index in [1.165, 1.54) is 57.8 Å². The molecule has 0 heterocycles. The van der Waals surface area contributed by atoms with Crippen LogP contribution < -0.4 is 0 Å². The first kappa shape index (κ1) is 18.5. The summed E-state index contributed by atoms with van der Waals surface area (Å²) in [5.74, 6) is 1.91. The van der Waals surface area contributed by atoms with Gasteiger partial charge >= 0.3 is 0 Å². The zero-order valence-electron chi connectivity index (χ0n) is 14.2. The molecule has 1 aliphatic carbocycles. The summed E-state index contributed by atoms with van der Waals surface area (Å²) < 4.78 is 0. The Bertz CT molecular complexity index is 288. The SMILES string of the molecule is CCCCC[C@H]1CC[C@H](CCC(O)CCC(C)C#N)CC1. The molecule has 0 radical (unpaired) electrons. The summed E-state index contributed by atoms with van der Waals surface area (Å²) in [6, 6.07) is 2.24. The molecule has 122 valence electrons. The topological polar surface area (TPSA) is 44.0 Å². The van der Waals surface area contributed by atoms with Crippen molar-refractivity contribution < 1.29 is 5.11 Å². The Morgan fingerprint density at radius 3 is 2.19 bits per heavy atom. The lowest BCUT2D eigenvalue weighted by Crippen LogP contribution is -2.17. The molecule has 21 heavy (non-hydrogen) atoms. The second kappa shape index (κ2) is 11.1. The van der Waals surface area contributed by atoms with Crippen molar-refractivity contribution in [3.05, 3.63) is 0 Å². The second-order valence-electron chi connectivity index (χ2n) is 7.22. The molecule has 0 aromatic heterocycles. The number of nitrogens with zero attached hydrogens (tertiary/aromatic N) is 1. The van der Waals surface area contributed by atoms with Gasteiger partial charge in [0.15, 0.2) is 0 Å². The predicted molar refractivity (Wildman–Crippen MR) is 88.8 cm³/mol. The van der Waals surface area contributed by atoms with Gasteiger partial charge in [0, 0.05) is 5.92 Å². The fourth-order valence-electron chi connectivity index (χ4n) is 3.57. The van der Waals surface area contributed by atoms with E-state index in [9.17, 15) is 5.11 Å². The maximum Gasteiger partial charge on any atom is 0.0652 e. The largest absolute Gasteiger partial charge is 0.393 e. The lowest BCUT2D eigenvalue weighted by atomic mass is 9.77. The van der Waals surface area contributed by atoms with E-state index < -0.39 is 0 Å². The van der Waals surface area contributed by atoms with Crippen LogP contribution >= 0.6 is 0 Å². The number of hydrogen-bond donors (Lipinski definition) is 1. The number of aliphatic hydroxyl groups is 1. The van der Waals surface area contributed by atoms with E-state index >= 15 is 0 Å². The minimum Gasteiger partial charge on any atom is -0.393 e. The average molecular weight is 293 g/mol. The summed E-state index contributed by atoms with van der Waals surface area (Å²) in [5, 5.41) is 18.8. The highest BCUT2D eigenvalue weighted by atomic mass is 16.3. The second-order valence-corrected chi connectivity index (χ2v) is 7.22. The van der Waals surface area contributed by atoms with Gasteiger partial charge < -0.3 is 5.11 Å². The summed E-state index contributed by atoms with van der Waals surface area (Å²) in [4.78, 5) is 0. The van der Waals surface area contributed by atoms with Crippen molar-refractivity contribution in [2.24, 2.45) is 17.8 Å². The molecule has 1 saturated carbocycles. The third kappa shape index (κ3) is 8.47. The molecule has 0 aromatic carbocycles. The third-order valence-corrected chi connectivity index (χ3v) is 5.24. The monoisotopic (exact) mass is 293 g/mol. The molecule has 2 nitrogen and oxygen atoms in total. The predicted octanol–water partition coefficient (Wildman–Crippen LogP) is 5.45. The quantitative estimate of drug-likeness (QED) is 0.544. The minimum atomic E-state index is -0.192. The number of aliphatic hydroxyl groups excluding tert-OH is 1. The fourth-order valence-corrected chi connectivity index (χ4v) is 3.57. The first-order valence-corrected chi connectivity index (χ1v) is 9.23. The van der Waals surface area contributed by atoms with Crippen molar-refractivity contribution in [1.29, 1.82) is 5.26 Å². The Morgan fingerprint density at radius 1 is 1.00 bits per heavy atom. The summed E-state index contributed by atoms with van der Waals surface area (Å²) in [7, 11) is 0. The smallest absolute Gasteiger partial charge is 0.0652 e. The lowest BCUT2D eigenvalue weighted by molar-refractivity contribution is 0.131. The molecule has 0 aromatic rings. The molecule has 0 aliphatic heterocycles. The first-order valence-electron chi connectivity index (χ1n) is 9.23. The number of nitriles is 1. The standard InChI is InChI=1S/C19H35NO/c1-3-4-5-6-17-8-10-18(11-9-17)12-14-19(21)13-7-16(2)15-20/h16-19,21H,3-14H2,1-2H3/t16?,17-,18-,19?. The van der Waals surface area contributed by atoms with E-state index in [4.69, 9.17) is 5.26 Å². The van der Waals surface area contributed by atoms with Crippen LogP contribution in [0, 0.1) is 29.1 Å². The highest BCUT2D eigenvalue weighted by Crippen LogP contribution is 2.34. The van der Waals surface area contributed by atoms with Crippen LogP contribution in [0.2, 0.25) is 0 Å². The van der Waals surface area contributed by atoms with E-state index in [1.807, 2.05) is 6.92 Å². The van der Waals surface area contributed by atoms with E-state index in [0.717, 1.165) is 31.1 Å². The number of unbranched alkanes of at least 4 members (excludes halogenated alkanes) is 2. The fraction of sp³-hybridized carbons (Fsp3) is 0.947. The summed E-state index contributed by atoms with van der Waals surface area (Å²) in [6.45, 7) is 4.21. The zero-order valence-corrected chi connectivity index (χ0v) is 14.2. The third-order valence-electron chi connectivity index (χ3n) is 5.24. The Balaban J connectivity index is 2.06. The van der Waals surface area contributed by atoms with Gasteiger partial charge in [-0.2, -0.15) is 5.26 Å². The first-order chi connectivity index (χ1) is 10.2. The van der Waals surface area contributed by atoms with Gasteiger partial charge in [0.1, 0.15) is 0 Å². The van der Waals surface area contributed by atoms with Gasteiger partial charge in [-0.25, -0.2) is 0 Å². The van der Waals surface area contributed by atoms with E-state index in [1.54, 1.807) is 0 Å². The van der Waals surface area contributed by atoms with Crippen LogP contribution in [0.15, 0.2) is 0 Å². The molecular formula is C19H35NO. The van der Waals surface area contributed by atoms with Crippen LogP contribution in [0.4, 0.5) is 0 Å². The maximum absolute atomic E-state index is 10.0. The maximum atomic E-state index is 10.0. The molecule has 0 bridgehead atoms. The Labute approximate surface area is 131 Å². The zero-order chi connectivity index (χ0) is 15.5. The van der Waals surface area contributed by atoms with Crippen molar-refractivity contribution in [2.45, 2.75) is 97.0 Å². The number of rotatable bonds is 10. The van der Waals surface area contributed by atoms with Crippen LogP contribution in [-0.4, -0.2) is 11.2 Å². The minimum absolute atomic E-state index is 0.0817. The van der Waals surface area contributed by atoms with E-state index in [0.29, 0.717) is 0 Å². The van der Waals surface area contributed by atoms with Crippen molar-refractivity contribution >= 4 is 0 Å². The highest BCUT2D eigenvalue weighted by Gasteiger charge is 2.21. The normalized spacial score (nSPS) is 25.2. The molecule has 2 atom stereocenters. The van der Waals surface area contributed by atoms with Crippen LogP contribution in [0.1, 0.15) is 90.9 Å².